The zero-order valence-corrected chi connectivity index (χ0v) is 10.6. The van der Waals surface area contributed by atoms with Crippen molar-refractivity contribution in [2.75, 3.05) is 13.1 Å². The van der Waals surface area contributed by atoms with Gasteiger partial charge in [0.25, 0.3) is 0 Å². The number of benzene rings is 1. The predicted octanol–water partition coefficient (Wildman–Crippen LogP) is 3.58. The lowest BCUT2D eigenvalue weighted by atomic mass is 10.1. The van der Waals surface area contributed by atoms with Crippen molar-refractivity contribution in [3.8, 4) is 5.75 Å². The molecular weight excluding hydrogens is 198 g/mol. The van der Waals surface area contributed by atoms with Gasteiger partial charge in [-0.2, -0.15) is 0 Å². The molecule has 0 radical (unpaired) electrons. The van der Waals surface area contributed by atoms with Crippen LogP contribution in [-0.2, 0) is 0 Å². The Hall–Kier alpha value is -1.02. The normalized spacial score (nSPS) is 13.0. The van der Waals surface area contributed by atoms with Crippen molar-refractivity contribution in [3.63, 3.8) is 0 Å². The first-order valence-electron chi connectivity index (χ1n) is 6.22. The van der Waals surface area contributed by atoms with Crippen molar-refractivity contribution in [2.24, 2.45) is 0 Å². The third-order valence-corrected chi connectivity index (χ3v) is 2.96. The molecule has 1 atom stereocenters. The van der Waals surface area contributed by atoms with Gasteiger partial charge < -0.3 is 5.11 Å². The Morgan fingerprint density at radius 3 is 2.19 bits per heavy atom. The SMILES string of the molecule is CCCN(CCC)C(C)c1ccccc1O. The van der Waals surface area contributed by atoms with Crippen LogP contribution >= 0.6 is 0 Å². The molecule has 0 aromatic heterocycles. The molecule has 16 heavy (non-hydrogen) atoms. The fourth-order valence-electron chi connectivity index (χ4n) is 2.11. The highest BCUT2D eigenvalue weighted by atomic mass is 16.3. The summed E-state index contributed by atoms with van der Waals surface area (Å²) in [5.74, 6) is 0.409. The number of aromatic hydroxyl groups is 1. The van der Waals surface area contributed by atoms with E-state index in [1.807, 2.05) is 18.2 Å². The van der Waals surface area contributed by atoms with E-state index in [4.69, 9.17) is 0 Å². The van der Waals surface area contributed by atoms with Gasteiger partial charge in [0.2, 0.25) is 0 Å². The lowest BCUT2D eigenvalue weighted by molar-refractivity contribution is 0.208. The molecule has 1 unspecified atom stereocenters. The summed E-state index contributed by atoms with van der Waals surface area (Å²) in [6.07, 6.45) is 2.30. The Kier molecular flexibility index (Phi) is 5.33. The maximum atomic E-state index is 9.84. The highest BCUT2D eigenvalue weighted by Gasteiger charge is 2.16. The average Bonchev–Trinajstić information content (AvgIpc) is 2.28. The molecule has 90 valence electrons. The number of rotatable bonds is 6. The number of hydrogen-bond donors (Lipinski definition) is 1. The molecule has 1 N–H and O–H groups in total. The van der Waals surface area contributed by atoms with Crippen LogP contribution < -0.4 is 0 Å². The van der Waals surface area contributed by atoms with Crippen LogP contribution in [-0.4, -0.2) is 23.1 Å². The van der Waals surface area contributed by atoms with Crippen LogP contribution in [0.4, 0.5) is 0 Å². The van der Waals surface area contributed by atoms with Gasteiger partial charge in [-0.15, -0.1) is 0 Å². The Labute approximate surface area is 98.9 Å². The van der Waals surface area contributed by atoms with Gasteiger partial charge in [0.15, 0.2) is 0 Å². The summed E-state index contributed by atoms with van der Waals surface area (Å²) in [5, 5.41) is 9.84. The smallest absolute Gasteiger partial charge is 0.120 e. The van der Waals surface area contributed by atoms with Crippen LogP contribution in [0.2, 0.25) is 0 Å². The Balaban J connectivity index is 2.81. The Morgan fingerprint density at radius 2 is 1.69 bits per heavy atom. The number of nitrogens with zero attached hydrogens (tertiary/aromatic N) is 1. The molecular formula is C14H23NO. The topological polar surface area (TPSA) is 23.5 Å². The van der Waals surface area contributed by atoms with Gasteiger partial charge >= 0.3 is 0 Å². The van der Waals surface area contributed by atoms with E-state index in [2.05, 4.69) is 25.7 Å². The maximum Gasteiger partial charge on any atom is 0.120 e. The zero-order valence-electron chi connectivity index (χ0n) is 10.6. The van der Waals surface area contributed by atoms with Crippen molar-refractivity contribution in [3.05, 3.63) is 29.8 Å². The first-order chi connectivity index (χ1) is 7.70. The van der Waals surface area contributed by atoms with E-state index in [-0.39, 0.29) is 0 Å². The van der Waals surface area contributed by atoms with Gasteiger partial charge in [0.05, 0.1) is 0 Å². The molecule has 0 amide bonds. The van der Waals surface area contributed by atoms with Crippen molar-refractivity contribution in [1.29, 1.82) is 0 Å². The fraction of sp³-hybridized carbons (Fsp3) is 0.571. The minimum Gasteiger partial charge on any atom is -0.508 e. The Bertz CT molecular complexity index is 305. The van der Waals surface area contributed by atoms with E-state index in [9.17, 15) is 5.11 Å². The summed E-state index contributed by atoms with van der Waals surface area (Å²) >= 11 is 0. The molecule has 0 saturated carbocycles. The number of hydrogen-bond acceptors (Lipinski definition) is 2. The summed E-state index contributed by atoms with van der Waals surface area (Å²) < 4.78 is 0. The van der Waals surface area contributed by atoms with Gasteiger partial charge in [0.1, 0.15) is 5.75 Å². The highest BCUT2D eigenvalue weighted by Crippen LogP contribution is 2.28. The van der Waals surface area contributed by atoms with Gasteiger partial charge in [-0.25, -0.2) is 0 Å². The quantitative estimate of drug-likeness (QED) is 0.793. The third-order valence-electron chi connectivity index (χ3n) is 2.96. The first-order valence-corrected chi connectivity index (χ1v) is 6.22. The van der Waals surface area contributed by atoms with Crippen molar-refractivity contribution < 1.29 is 5.11 Å². The van der Waals surface area contributed by atoms with Crippen molar-refractivity contribution in [1.82, 2.24) is 4.90 Å². The van der Waals surface area contributed by atoms with Crippen LogP contribution in [0.5, 0.6) is 5.75 Å². The summed E-state index contributed by atoms with van der Waals surface area (Å²) in [6.45, 7) is 8.73. The van der Waals surface area contributed by atoms with Crippen LogP contribution in [0, 0.1) is 0 Å². The first kappa shape index (κ1) is 13.0. The largest absolute Gasteiger partial charge is 0.508 e. The van der Waals surface area contributed by atoms with Gasteiger partial charge in [-0.05, 0) is 38.9 Å². The molecule has 0 aliphatic heterocycles. The van der Waals surface area contributed by atoms with E-state index in [1.165, 1.54) is 0 Å². The van der Waals surface area contributed by atoms with Crippen molar-refractivity contribution >= 4 is 0 Å². The van der Waals surface area contributed by atoms with E-state index in [1.54, 1.807) is 6.07 Å². The summed E-state index contributed by atoms with van der Waals surface area (Å²) in [5.41, 5.74) is 1.03. The molecule has 0 saturated heterocycles. The molecule has 0 aliphatic carbocycles. The molecule has 0 spiro atoms. The molecule has 1 aromatic rings. The second-order valence-corrected chi connectivity index (χ2v) is 4.27. The summed E-state index contributed by atoms with van der Waals surface area (Å²) in [6, 6.07) is 7.93. The summed E-state index contributed by atoms with van der Waals surface area (Å²) in [4.78, 5) is 2.43. The van der Waals surface area contributed by atoms with E-state index >= 15 is 0 Å². The van der Waals surface area contributed by atoms with Crippen LogP contribution in [0.1, 0.15) is 45.2 Å². The molecule has 1 rings (SSSR count). The standard InChI is InChI=1S/C14H23NO/c1-4-10-15(11-5-2)12(3)13-8-6-7-9-14(13)16/h6-9,12,16H,4-5,10-11H2,1-3H3. The summed E-state index contributed by atoms with van der Waals surface area (Å²) in [7, 11) is 0. The molecule has 0 aliphatic rings. The number of para-hydroxylation sites is 1. The lowest BCUT2D eigenvalue weighted by Crippen LogP contribution is -2.28. The zero-order chi connectivity index (χ0) is 12.0. The Morgan fingerprint density at radius 1 is 1.12 bits per heavy atom. The van der Waals surface area contributed by atoms with Crippen molar-refractivity contribution in [2.45, 2.75) is 39.7 Å². The molecule has 0 fully saturated rings. The highest BCUT2D eigenvalue weighted by molar-refractivity contribution is 5.34. The van der Waals surface area contributed by atoms with E-state index < -0.39 is 0 Å². The van der Waals surface area contributed by atoms with Gasteiger partial charge in [-0.1, -0.05) is 32.0 Å². The molecule has 0 heterocycles. The van der Waals surface area contributed by atoms with Crippen LogP contribution in [0.3, 0.4) is 0 Å². The maximum absolute atomic E-state index is 9.84. The molecule has 2 nitrogen and oxygen atoms in total. The predicted molar refractivity (Wildman–Crippen MR) is 68.7 cm³/mol. The monoisotopic (exact) mass is 221 g/mol. The minimum atomic E-state index is 0.293. The van der Waals surface area contributed by atoms with E-state index in [0.29, 0.717) is 11.8 Å². The lowest BCUT2D eigenvalue weighted by Gasteiger charge is -2.29. The number of phenolic OH excluding ortho intramolecular Hbond substituents is 1. The minimum absolute atomic E-state index is 0.293. The molecule has 0 bridgehead atoms. The van der Waals surface area contributed by atoms with Crippen LogP contribution in [0.25, 0.3) is 0 Å². The third kappa shape index (κ3) is 3.24. The molecule has 1 aromatic carbocycles. The second-order valence-electron chi connectivity index (χ2n) is 4.27. The molecule has 2 heteroatoms. The van der Waals surface area contributed by atoms with Gasteiger partial charge in [-0.3, -0.25) is 4.90 Å². The fourth-order valence-corrected chi connectivity index (χ4v) is 2.11. The average molecular weight is 221 g/mol. The second kappa shape index (κ2) is 6.54. The van der Waals surface area contributed by atoms with Gasteiger partial charge in [0, 0.05) is 11.6 Å². The number of phenols is 1. The van der Waals surface area contributed by atoms with E-state index in [0.717, 1.165) is 31.5 Å². The van der Waals surface area contributed by atoms with Crippen LogP contribution in [0.15, 0.2) is 24.3 Å².